The minimum Gasteiger partial charge on any atom is -0.507 e. The van der Waals surface area contributed by atoms with Gasteiger partial charge in [0.1, 0.15) is 5.75 Å². The van der Waals surface area contributed by atoms with Crippen LogP contribution in [0.25, 0.3) is 0 Å². The molecule has 0 spiro atoms. The van der Waals surface area contributed by atoms with Gasteiger partial charge < -0.3 is 15.5 Å². The van der Waals surface area contributed by atoms with Gasteiger partial charge in [-0.05, 0) is 40.0 Å². The Balaban J connectivity index is 2.14. The largest absolute Gasteiger partial charge is 0.507 e. The third-order valence-corrected chi connectivity index (χ3v) is 3.49. The van der Waals surface area contributed by atoms with Crippen molar-refractivity contribution >= 4 is 21.9 Å². The molecular weight excluding hydrogens is 274 g/mol. The van der Waals surface area contributed by atoms with E-state index in [9.17, 15) is 9.90 Å². The Morgan fingerprint density at radius 2 is 2.25 bits per heavy atom. The fraction of sp³-hybridized carbons (Fsp3) is 0.364. The van der Waals surface area contributed by atoms with Crippen molar-refractivity contribution in [3.63, 3.8) is 0 Å². The van der Waals surface area contributed by atoms with E-state index in [0.29, 0.717) is 17.4 Å². The van der Waals surface area contributed by atoms with Crippen molar-refractivity contribution in [1.29, 1.82) is 0 Å². The number of carboxylic acid groups (broad SMARTS) is 1. The van der Waals surface area contributed by atoms with Crippen molar-refractivity contribution in [2.45, 2.75) is 12.5 Å². The minimum absolute atomic E-state index is 0.0537. The van der Waals surface area contributed by atoms with E-state index in [0.717, 1.165) is 5.56 Å². The van der Waals surface area contributed by atoms with Crippen molar-refractivity contribution in [2.24, 2.45) is 5.92 Å². The van der Waals surface area contributed by atoms with Crippen LogP contribution in [0.5, 0.6) is 5.75 Å². The minimum atomic E-state index is -0.757. The Morgan fingerprint density at radius 3 is 2.81 bits per heavy atom. The van der Waals surface area contributed by atoms with E-state index in [-0.39, 0.29) is 17.7 Å². The maximum absolute atomic E-state index is 10.8. The van der Waals surface area contributed by atoms with E-state index >= 15 is 0 Å². The van der Waals surface area contributed by atoms with Crippen LogP contribution in [0.2, 0.25) is 0 Å². The highest BCUT2D eigenvalue weighted by molar-refractivity contribution is 9.10. The van der Waals surface area contributed by atoms with E-state index in [1.54, 1.807) is 6.07 Å². The quantitative estimate of drug-likeness (QED) is 0.776. The third kappa shape index (κ3) is 2.20. The predicted octanol–water partition coefficient (Wildman–Crippen LogP) is 1.89. The maximum Gasteiger partial charge on any atom is 0.307 e. The van der Waals surface area contributed by atoms with Gasteiger partial charge in [-0.25, -0.2) is 0 Å². The van der Waals surface area contributed by atoms with Gasteiger partial charge in [0.05, 0.1) is 10.4 Å². The van der Waals surface area contributed by atoms with Gasteiger partial charge in [-0.1, -0.05) is 6.07 Å². The monoisotopic (exact) mass is 285 g/mol. The van der Waals surface area contributed by atoms with Crippen LogP contribution in [0.4, 0.5) is 0 Å². The zero-order chi connectivity index (χ0) is 11.7. The topological polar surface area (TPSA) is 69.6 Å². The molecule has 0 bridgehead atoms. The number of benzene rings is 1. The van der Waals surface area contributed by atoms with Crippen LogP contribution in [-0.2, 0) is 4.79 Å². The summed E-state index contributed by atoms with van der Waals surface area (Å²) in [5.41, 5.74) is 0.994. The van der Waals surface area contributed by atoms with Gasteiger partial charge in [0, 0.05) is 12.6 Å². The molecule has 86 valence electrons. The SMILES string of the molecule is O=C(O)C1CNC(c2ccc(O)c(Br)c2)C1. The number of phenolic OH excluding ortho intramolecular Hbond substituents is 1. The number of rotatable bonds is 2. The van der Waals surface area contributed by atoms with Crippen molar-refractivity contribution in [2.75, 3.05) is 6.54 Å². The van der Waals surface area contributed by atoms with E-state index in [1.807, 2.05) is 12.1 Å². The second kappa shape index (κ2) is 4.43. The van der Waals surface area contributed by atoms with Gasteiger partial charge in [-0.15, -0.1) is 0 Å². The lowest BCUT2D eigenvalue weighted by Gasteiger charge is -2.11. The summed E-state index contributed by atoms with van der Waals surface area (Å²) in [5.74, 6) is -0.887. The number of hydrogen-bond donors (Lipinski definition) is 3. The number of nitrogens with one attached hydrogen (secondary N) is 1. The number of aliphatic carboxylic acids is 1. The molecule has 0 amide bonds. The first-order valence-electron chi connectivity index (χ1n) is 5.02. The van der Waals surface area contributed by atoms with E-state index in [4.69, 9.17) is 5.11 Å². The van der Waals surface area contributed by atoms with Crippen LogP contribution in [0.1, 0.15) is 18.0 Å². The van der Waals surface area contributed by atoms with Gasteiger partial charge in [-0.2, -0.15) is 0 Å². The zero-order valence-electron chi connectivity index (χ0n) is 8.48. The Bertz CT molecular complexity index is 422. The highest BCUT2D eigenvalue weighted by atomic mass is 79.9. The van der Waals surface area contributed by atoms with E-state index in [2.05, 4.69) is 21.2 Å². The Hall–Kier alpha value is -1.07. The number of carboxylic acids is 1. The average molecular weight is 286 g/mol. The number of halogens is 1. The molecule has 4 nitrogen and oxygen atoms in total. The maximum atomic E-state index is 10.8. The second-order valence-corrected chi connectivity index (χ2v) is 4.80. The molecule has 3 N–H and O–H groups in total. The van der Waals surface area contributed by atoms with E-state index in [1.165, 1.54) is 0 Å². The van der Waals surface area contributed by atoms with Crippen molar-refractivity contribution < 1.29 is 15.0 Å². The van der Waals surface area contributed by atoms with Crippen LogP contribution in [0, 0.1) is 5.92 Å². The summed E-state index contributed by atoms with van der Waals surface area (Å²) in [6, 6.07) is 5.28. The van der Waals surface area contributed by atoms with Crippen molar-refractivity contribution in [3.05, 3.63) is 28.2 Å². The second-order valence-electron chi connectivity index (χ2n) is 3.94. The number of carbonyl (C=O) groups is 1. The zero-order valence-corrected chi connectivity index (χ0v) is 10.1. The average Bonchev–Trinajstić information content (AvgIpc) is 2.71. The van der Waals surface area contributed by atoms with Gasteiger partial charge >= 0.3 is 5.97 Å². The molecule has 1 aliphatic heterocycles. The number of phenols is 1. The molecule has 0 saturated carbocycles. The first-order valence-corrected chi connectivity index (χ1v) is 5.82. The molecule has 1 aliphatic rings. The molecule has 5 heteroatoms. The molecule has 1 aromatic rings. The molecule has 0 aliphatic carbocycles. The Morgan fingerprint density at radius 1 is 1.50 bits per heavy atom. The summed E-state index contributed by atoms with van der Waals surface area (Å²) < 4.78 is 0.630. The van der Waals surface area contributed by atoms with Crippen LogP contribution < -0.4 is 5.32 Å². The normalized spacial score (nSPS) is 24.6. The van der Waals surface area contributed by atoms with Gasteiger partial charge in [0.15, 0.2) is 0 Å². The molecule has 1 saturated heterocycles. The van der Waals surface area contributed by atoms with Crippen LogP contribution in [0.15, 0.2) is 22.7 Å². The molecular formula is C11H12BrNO3. The van der Waals surface area contributed by atoms with Gasteiger partial charge in [0.25, 0.3) is 0 Å². The molecule has 1 heterocycles. The van der Waals surface area contributed by atoms with Crippen molar-refractivity contribution in [3.8, 4) is 5.75 Å². The summed E-state index contributed by atoms with van der Waals surface area (Å²) >= 11 is 3.24. The molecule has 0 aromatic heterocycles. The summed E-state index contributed by atoms with van der Waals surface area (Å²) in [7, 11) is 0. The molecule has 16 heavy (non-hydrogen) atoms. The summed E-state index contributed by atoms with van der Waals surface area (Å²) in [6.07, 6.45) is 0.590. The fourth-order valence-corrected chi connectivity index (χ4v) is 2.31. The predicted molar refractivity (Wildman–Crippen MR) is 62.3 cm³/mol. The van der Waals surface area contributed by atoms with Gasteiger partial charge in [-0.3, -0.25) is 4.79 Å². The standard InChI is InChI=1S/C11H12BrNO3/c12-8-3-6(1-2-10(8)14)9-4-7(5-13-9)11(15)16/h1-3,7,9,13-14H,4-5H2,(H,15,16). The first-order chi connectivity index (χ1) is 7.58. The summed E-state index contributed by atoms with van der Waals surface area (Å²) in [4.78, 5) is 10.8. The number of aromatic hydroxyl groups is 1. The Labute approximate surface area is 101 Å². The molecule has 2 unspecified atom stereocenters. The van der Waals surface area contributed by atoms with Gasteiger partial charge in [0.2, 0.25) is 0 Å². The summed E-state index contributed by atoms with van der Waals surface area (Å²) in [6.45, 7) is 0.499. The molecule has 2 atom stereocenters. The van der Waals surface area contributed by atoms with Crippen molar-refractivity contribution in [1.82, 2.24) is 5.32 Å². The number of hydrogen-bond acceptors (Lipinski definition) is 3. The molecule has 1 fully saturated rings. The van der Waals surface area contributed by atoms with Crippen LogP contribution in [0.3, 0.4) is 0 Å². The third-order valence-electron chi connectivity index (χ3n) is 2.85. The van der Waals surface area contributed by atoms with Crippen LogP contribution >= 0.6 is 15.9 Å². The first kappa shape index (κ1) is 11.4. The lowest BCUT2D eigenvalue weighted by atomic mass is 10.0. The summed E-state index contributed by atoms with van der Waals surface area (Å²) in [5, 5.41) is 21.4. The fourth-order valence-electron chi connectivity index (χ4n) is 1.92. The van der Waals surface area contributed by atoms with Crippen LogP contribution in [-0.4, -0.2) is 22.7 Å². The smallest absolute Gasteiger partial charge is 0.307 e. The lowest BCUT2D eigenvalue weighted by Crippen LogP contribution is -2.17. The molecule has 2 rings (SSSR count). The highest BCUT2D eigenvalue weighted by Crippen LogP contribution is 2.32. The lowest BCUT2D eigenvalue weighted by molar-refractivity contribution is -0.141. The Kier molecular flexibility index (Phi) is 3.16. The van der Waals surface area contributed by atoms with E-state index < -0.39 is 5.97 Å². The molecule has 1 aromatic carbocycles. The highest BCUT2D eigenvalue weighted by Gasteiger charge is 2.30. The molecule has 0 radical (unpaired) electrons.